The van der Waals surface area contributed by atoms with Gasteiger partial charge in [-0.15, -0.1) is 23.7 Å². The number of benzene rings is 1. The van der Waals surface area contributed by atoms with E-state index in [2.05, 4.69) is 34.5 Å². The lowest BCUT2D eigenvalue weighted by atomic mass is 10.2. The van der Waals surface area contributed by atoms with Crippen LogP contribution in [0.25, 0.3) is 10.1 Å². The fourth-order valence-corrected chi connectivity index (χ4v) is 3.36. The number of hydrogen-bond donors (Lipinski definition) is 1. The van der Waals surface area contributed by atoms with Crippen molar-refractivity contribution in [2.24, 2.45) is 5.73 Å². The summed E-state index contributed by atoms with van der Waals surface area (Å²) >= 11 is 1.84. The lowest BCUT2D eigenvalue weighted by Crippen LogP contribution is -2.26. The predicted octanol–water partition coefficient (Wildman–Crippen LogP) is 2.86. The lowest BCUT2D eigenvalue weighted by Gasteiger charge is -2.14. The van der Waals surface area contributed by atoms with Crippen LogP contribution in [0, 0.1) is 0 Å². The molecule has 0 amide bonds. The predicted molar refractivity (Wildman–Crippen MR) is 76.9 cm³/mol. The summed E-state index contributed by atoms with van der Waals surface area (Å²) in [6.45, 7) is 3.24. The van der Waals surface area contributed by atoms with E-state index in [9.17, 15) is 0 Å². The minimum atomic E-state index is 0. The Balaban J connectivity index is 0.00000108. The van der Waals surface area contributed by atoms with Crippen LogP contribution in [0.2, 0.25) is 0 Å². The molecule has 1 fully saturated rings. The van der Waals surface area contributed by atoms with Crippen molar-refractivity contribution in [2.75, 3.05) is 13.1 Å². The van der Waals surface area contributed by atoms with Gasteiger partial charge in [-0.1, -0.05) is 18.2 Å². The van der Waals surface area contributed by atoms with Gasteiger partial charge in [-0.05, 0) is 28.8 Å². The highest BCUT2D eigenvalue weighted by molar-refractivity contribution is 7.17. The molecule has 1 saturated heterocycles. The molecular weight excluding hydrogens is 252 g/mol. The number of halogens is 1. The Kier molecular flexibility index (Phi) is 4.05. The summed E-state index contributed by atoms with van der Waals surface area (Å²) in [5.74, 6) is 0. The van der Waals surface area contributed by atoms with Gasteiger partial charge >= 0.3 is 0 Å². The Morgan fingerprint density at radius 2 is 2.18 bits per heavy atom. The van der Waals surface area contributed by atoms with Gasteiger partial charge in [0.2, 0.25) is 0 Å². The van der Waals surface area contributed by atoms with E-state index in [0.717, 1.165) is 26.1 Å². The largest absolute Gasteiger partial charge is 0.326 e. The molecule has 3 rings (SSSR count). The van der Waals surface area contributed by atoms with Crippen LogP contribution in [-0.4, -0.2) is 24.0 Å². The molecule has 1 aromatic heterocycles. The molecule has 1 aromatic carbocycles. The van der Waals surface area contributed by atoms with E-state index in [0.29, 0.717) is 6.04 Å². The minimum absolute atomic E-state index is 0. The second-order valence-electron chi connectivity index (χ2n) is 4.54. The Labute approximate surface area is 112 Å². The third-order valence-corrected chi connectivity index (χ3v) is 4.28. The van der Waals surface area contributed by atoms with Crippen molar-refractivity contribution in [3.63, 3.8) is 0 Å². The maximum atomic E-state index is 5.93. The zero-order valence-corrected chi connectivity index (χ0v) is 11.3. The molecule has 17 heavy (non-hydrogen) atoms. The number of nitrogens with zero attached hydrogens (tertiary/aromatic N) is 1. The SMILES string of the molecule is Cl.N[C@@H]1CCN(Cc2csc3ccccc23)C1. The van der Waals surface area contributed by atoms with E-state index in [1.807, 2.05) is 11.3 Å². The van der Waals surface area contributed by atoms with Gasteiger partial charge in [0.1, 0.15) is 0 Å². The van der Waals surface area contributed by atoms with Crippen LogP contribution in [0.1, 0.15) is 12.0 Å². The normalized spacial score (nSPS) is 20.6. The molecule has 0 saturated carbocycles. The highest BCUT2D eigenvalue weighted by Crippen LogP contribution is 2.27. The first-order valence-corrected chi connectivity index (χ1v) is 6.64. The highest BCUT2D eigenvalue weighted by Gasteiger charge is 2.19. The summed E-state index contributed by atoms with van der Waals surface area (Å²) in [5.41, 5.74) is 7.38. The molecule has 0 spiro atoms. The van der Waals surface area contributed by atoms with Crippen LogP contribution in [0.4, 0.5) is 0 Å². The monoisotopic (exact) mass is 268 g/mol. The Morgan fingerprint density at radius 3 is 2.94 bits per heavy atom. The van der Waals surface area contributed by atoms with E-state index < -0.39 is 0 Å². The molecule has 1 aliphatic heterocycles. The molecule has 0 unspecified atom stereocenters. The molecule has 1 atom stereocenters. The summed E-state index contributed by atoms with van der Waals surface area (Å²) in [7, 11) is 0. The van der Waals surface area contributed by atoms with Crippen molar-refractivity contribution in [1.82, 2.24) is 4.90 Å². The van der Waals surface area contributed by atoms with E-state index in [1.165, 1.54) is 15.6 Å². The molecule has 2 heterocycles. The number of likely N-dealkylation sites (tertiary alicyclic amines) is 1. The standard InChI is InChI=1S/C13H16N2S.ClH/c14-11-5-6-15(8-11)7-10-9-16-13-4-2-1-3-12(10)13;/h1-4,9,11H,5-8,14H2;1H/t11-;/m1./s1. The zero-order valence-electron chi connectivity index (χ0n) is 9.63. The van der Waals surface area contributed by atoms with Crippen LogP contribution in [0.15, 0.2) is 29.6 Å². The highest BCUT2D eigenvalue weighted by atomic mass is 35.5. The Hall–Kier alpha value is -0.610. The smallest absolute Gasteiger partial charge is 0.0346 e. The summed E-state index contributed by atoms with van der Waals surface area (Å²) in [6.07, 6.45) is 1.14. The van der Waals surface area contributed by atoms with E-state index >= 15 is 0 Å². The molecule has 0 aliphatic carbocycles. The van der Waals surface area contributed by atoms with Gasteiger partial charge < -0.3 is 5.73 Å². The topological polar surface area (TPSA) is 29.3 Å². The van der Waals surface area contributed by atoms with E-state index in [4.69, 9.17) is 5.73 Å². The second kappa shape index (κ2) is 5.36. The molecule has 0 bridgehead atoms. The van der Waals surface area contributed by atoms with Crippen LogP contribution in [0.3, 0.4) is 0 Å². The van der Waals surface area contributed by atoms with Gasteiger partial charge in [0.15, 0.2) is 0 Å². The van der Waals surface area contributed by atoms with Gasteiger partial charge in [0, 0.05) is 30.4 Å². The first kappa shape index (κ1) is 12.8. The average molecular weight is 269 g/mol. The zero-order chi connectivity index (χ0) is 11.0. The van der Waals surface area contributed by atoms with Gasteiger partial charge in [-0.3, -0.25) is 4.90 Å². The van der Waals surface area contributed by atoms with E-state index in [-0.39, 0.29) is 12.4 Å². The van der Waals surface area contributed by atoms with Crippen molar-refractivity contribution in [3.8, 4) is 0 Å². The van der Waals surface area contributed by atoms with Crippen LogP contribution in [0.5, 0.6) is 0 Å². The third-order valence-electron chi connectivity index (χ3n) is 3.26. The van der Waals surface area contributed by atoms with E-state index in [1.54, 1.807) is 0 Å². The Morgan fingerprint density at radius 1 is 1.35 bits per heavy atom. The molecule has 2 aromatic rings. The maximum Gasteiger partial charge on any atom is 0.0346 e. The van der Waals surface area contributed by atoms with Crippen LogP contribution >= 0.6 is 23.7 Å². The lowest BCUT2D eigenvalue weighted by molar-refractivity contribution is 0.328. The van der Waals surface area contributed by atoms with Gasteiger partial charge in [0.25, 0.3) is 0 Å². The molecule has 2 nitrogen and oxygen atoms in total. The quantitative estimate of drug-likeness (QED) is 0.908. The summed E-state index contributed by atoms with van der Waals surface area (Å²) in [5, 5.41) is 3.70. The number of rotatable bonds is 2. The van der Waals surface area contributed by atoms with Crippen molar-refractivity contribution in [2.45, 2.75) is 19.0 Å². The molecular formula is C13H17ClN2S. The third kappa shape index (κ3) is 2.63. The van der Waals surface area contributed by atoms with Crippen LogP contribution < -0.4 is 5.73 Å². The van der Waals surface area contributed by atoms with Crippen molar-refractivity contribution in [1.29, 1.82) is 0 Å². The second-order valence-corrected chi connectivity index (χ2v) is 5.45. The summed E-state index contributed by atoms with van der Waals surface area (Å²) in [4.78, 5) is 2.46. The fraction of sp³-hybridized carbons (Fsp3) is 0.385. The minimum Gasteiger partial charge on any atom is -0.326 e. The molecule has 92 valence electrons. The molecule has 4 heteroatoms. The number of fused-ring (bicyclic) bond motifs is 1. The fourth-order valence-electron chi connectivity index (χ4n) is 2.40. The molecule has 2 N–H and O–H groups in total. The number of thiophene rings is 1. The first-order valence-electron chi connectivity index (χ1n) is 5.76. The summed E-state index contributed by atoms with van der Waals surface area (Å²) < 4.78 is 1.39. The van der Waals surface area contributed by atoms with Gasteiger partial charge in [-0.2, -0.15) is 0 Å². The Bertz CT molecular complexity index is 497. The summed E-state index contributed by atoms with van der Waals surface area (Å²) in [6, 6.07) is 9.02. The van der Waals surface area contributed by atoms with Crippen LogP contribution in [-0.2, 0) is 6.54 Å². The van der Waals surface area contributed by atoms with Gasteiger partial charge in [-0.25, -0.2) is 0 Å². The first-order chi connectivity index (χ1) is 7.83. The number of nitrogens with two attached hydrogens (primary N) is 1. The molecule has 0 radical (unpaired) electrons. The average Bonchev–Trinajstić information content (AvgIpc) is 2.87. The van der Waals surface area contributed by atoms with Crippen molar-refractivity contribution >= 4 is 33.8 Å². The van der Waals surface area contributed by atoms with Crippen molar-refractivity contribution in [3.05, 3.63) is 35.2 Å². The number of hydrogen-bond acceptors (Lipinski definition) is 3. The van der Waals surface area contributed by atoms with Crippen molar-refractivity contribution < 1.29 is 0 Å². The molecule has 1 aliphatic rings. The maximum absolute atomic E-state index is 5.93. The van der Waals surface area contributed by atoms with Gasteiger partial charge in [0.05, 0.1) is 0 Å².